The standard InChI is InChI=1S/C20H23N5O4S2/c1-13-5-10-16(31(27,28)25(2)3)11-17(13)21-18(26)12-30-20-22-19(23-24-20)14-6-8-15(29-4)9-7-14/h5-11H,12H2,1-4H3,(H,21,26)(H,22,23,24). The van der Waals surface area contributed by atoms with Crippen LogP contribution in [-0.2, 0) is 14.8 Å². The number of rotatable bonds is 8. The number of aryl methyl sites for hydroxylation is 1. The van der Waals surface area contributed by atoms with Crippen LogP contribution in [0.5, 0.6) is 5.75 Å². The molecule has 0 bridgehead atoms. The van der Waals surface area contributed by atoms with Crippen molar-refractivity contribution in [2.24, 2.45) is 0 Å². The first-order chi connectivity index (χ1) is 14.7. The number of nitrogens with one attached hydrogen (secondary N) is 2. The second-order valence-corrected chi connectivity index (χ2v) is 9.89. The Hall–Kier alpha value is -2.89. The Morgan fingerprint density at radius 3 is 2.55 bits per heavy atom. The number of carbonyl (C=O) groups is 1. The molecule has 0 saturated carbocycles. The molecule has 3 aromatic rings. The molecule has 0 aliphatic rings. The maximum Gasteiger partial charge on any atom is 0.242 e. The number of hydrogen-bond donors (Lipinski definition) is 2. The van der Waals surface area contributed by atoms with Gasteiger partial charge in [-0.2, -0.15) is 0 Å². The summed E-state index contributed by atoms with van der Waals surface area (Å²) in [5, 5.41) is 10.2. The molecular formula is C20H23N5O4S2. The molecule has 1 aromatic heterocycles. The summed E-state index contributed by atoms with van der Waals surface area (Å²) < 4.78 is 30.9. The van der Waals surface area contributed by atoms with Gasteiger partial charge in [0.05, 0.1) is 17.8 Å². The van der Waals surface area contributed by atoms with Crippen LogP contribution in [0.4, 0.5) is 5.69 Å². The van der Waals surface area contributed by atoms with Gasteiger partial charge < -0.3 is 10.1 Å². The molecule has 0 spiro atoms. The smallest absolute Gasteiger partial charge is 0.242 e. The lowest BCUT2D eigenvalue weighted by Gasteiger charge is -2.14. The molecule has 0 unspecified atom stereocenters. The van der Waals surface area contributed by atoms with Crippen LogP contribution in [-0.4, -0.2) is 60.8 Å². The zero-order valence-corrected chi connectivity index (χ0v) is 19.2. The molecule has 164 valence electrons. The lowest BCUT2D eigenvalue weighted by molar-refractivity contribution is -0.113. The van der Waals surface area contributed by atoms with E-state index in [4.69, 9.17) is 4.74 Å². The van der Waals surface area contributed by atoms with Gasteiger partial charge >= 0.3 is 0 Å². The van der Waals surface area contributed by atoms with Gasteiger partial charge in [0.2, 0.25) is 21.1 Å². The molecule has 2 aromatic carbocycles. The van der Waals surface area contributed by atoms with E-state index in [0.717, 1.165) is 21.2 Å². The van der Waals surface area contributed by atoms with Crippen LogP contribution in [0.3, 0.4) is 0 Å². The van der Waals surface area contributed by atoms with Crippen molar-refractivity contribution in [3.63, 3.8) is 0 Å². The number of nitrogens with zero attached hydrogens (tertiary/aromatic N) is 3. The minimum absolute atomic E-state index is 0.0734. The van der Waals surface area contributed by atoms with E-state index in [1.165, 1.54) is 38.0 Å². The van der Waals surface area contributed by atoms with Crippen molar-refractivity contribution in [1.82, 2.24) is 19.5 Å². The summed E-state index contributed by atoms with van der Waals surface area (Å²) in [5.74, 6) is 1.11. The summed E-state index contributed by atoms with van der Waals surface area (Å²) in [7, 11) is 0.928. The van der Waals surface area contributed by atoms with Gasteiger partial charge in [-0.3, -0.25) is 9.89 Å². The van der Waals surface area contributed by atoms with E-state index in [9.17, 15) is 13.2 Å². The van der Waals surface area contributed by atoms with Crippen molar-refractivity contribution in [2.75, 3.05) is 32.3 Å². The predicted molar refractivity (Wildman–Crippen MR) is 120 cm³/mol. The lowest BCUT2D eigenvalue weighted by atomic mass is 10.2. The van der Waals surface area contributed by atoms with E-state index in [1.54, 1.807) is 20.1 Å². The lowest BCUT2D eigenvalue weighted by Crippen LogP contribution is -2.22. The van der Waals surface area contributed by atoms with Crippen molar-refractivity contribution < 1.29 is 17.9 Å². The fourth-order valence-corrected chi connectivity index (χ4v) is 4.14. The molecule has 9 nitrogen and oxygen atoms in total. The zero-order valence-electron chi connectivity index (χ0n) is 17.5. The molecule has 0 saturated heterocycles. The second-order valence-electron chi connectivity index (χ2n) is 6.80. The number of amides is 1. The summed E-state index contributed by atoms with van der Waals surface area (Å²) in [6, 6.07) is 12.0. The fraction of sp³-hybridized carbons (Fsp3) is 0.250. The highest BCUT2D eigenvalue weighted by Crippen LogP contribution is 2.24. The normalized spacial score (nSPS) is 11.5. The first kappa shape index (κ1) is 22.8. The van der Waals surface area contributed by atoms with Crippen LogP contribution in [0.25, 0.3) is 11.4 Å². The molecule has 3 rings (SSSR count). The summed E-state index contributed by atoms with van der Waals surface area (Å²) in [4.78, 5) is 16.9. The fourth-order valence-electron chi connectivity index (χ4n) is 2.61. The molecule has 0 fully saturated rings. The highest BCUT2D eigenvalue weighted by molar-refractivity contribution is 7.99. The minimum atomic E-state index is -3.59. The number of ether oxygens (including phenoxy) is 1. The van der Waals surface area contributed by atoms with Crippen molar-refractivity contribution >= 4 is 33.4 Å². The predicted octanol–water partition coefficient (Wildman–Crippen LogP) is 2.77. The minimum Gasteiger partial charge on any atom is -0.497 e. The number of thioether (sulfide) groups is 1. The third-order valence-corrected chi connectivity index (χ3v) is 7.08. The van der Waals surface area contributed by atoms with Gasteiger partial charge in [-0.1, -0.05) is 17.8 Å². The number of sulfonamides is 1. The Morgan fingerprint density at radius 2 is 1.90 bits per heavy atom. The monoisotopic (exact) mass is 461 g/mol. The van der Waals surface area contributed by atoms with Crippen LogP contribution in [0.15, 0.2) is 52.5 Å². The second kappa shape index (κ2) is 9.50. The topological polar surface area (TPSA) is 117 Å². The maximum absolute atomic E-state index is 12.4. The SMILES string of the molecule is COc1ccc(-c2nc(SCC(=O)Nc3cc(S(=O)(=O)N(C)C)ccc3C)n[nH]2)cc1. The largest absolute Gasteiger partial charge is 0.497 e. The van der Waals surface area contributed by atoms with Gasteiger partial charge in [0.15, 0.2) is 5.82 Å². The van der Waals surface area contributed by atoms with Crippen molar-refractivity contribution in [2.45, 2.75) is 17.0 Å². The zero-order chi connectivity index (χ0) is 22.6. The van der Waals surface area contributed by atoms with Crippen molar-refractivity contribution in [3.8, 4) is 17.1 Å². The van der Waals surface area contributed by atoms with E-state index in [-0.39, 0.29) is 16.6 Å². The number of aromatic amines is 1. The van der Waals surface area contributed by atoms with Crippen LogP contribution in [0.2, 0.25) is 0 Å². The number of methoxy groups -OCH3 is 1. The van der Waals surface area contributed by atoms with Gasteiger partial charge in [0, 0.05) is 25.3 Å². The highest BCUT2D eigenvalue weighted by Gasteiger charge is 2.19. The van der Waals surface area contributed by atoms with Crippen molar-refractivity contribution in [1.29, 1.82) is 0 Å². The number of carbonyl (C=O) groups excluding carboxylic acids is 1. The maximum atomic E-state index is 12.4. The van der Waals surface area contributed by atoms with Crippen LogP contribution >= 0.6 is 11.8 Å². The summed E-state index contributed by atoms with van der Waals surface area (Å²) in [6.45, 7) is 1.80. The Labute approximate surface area is 185 Å². The van der Waals surface area contributed by atoms with E-state index in [2.05, 4.69) is 20.5 Å². The van der Waals surface area contributed by atoms with E-state index in [1.807, 2.05) is 24.3 Å². The number of H-pyrrole nitrogens is 1. The Balaban J connectivity index is 1.64. The van der Waals surface area contributed by atoms with Crippen LogP contribution < -0.4 is 10.1 Å². The molecule has 0 radical (unpaired) electrons. The summed E-state index contributed by atoms with van der Waals surface area (Å²) >= 11 is 1.17. The molecule has 31 heavy (non-hydrogen) atoms. The number of aromatic nitrogens is 3. The molecule has 0 atom stereocenters. The van der Waals surface area contributed by atoms with Gasteiger partial charge in [0.1, 0.15) is 5.75 Å². The quantitative estimate of drug-likeness (QED) is 0.495. The number of benzene rings is 2. The average molecular weight is 462 g/mol. The Bertz CT molecular complexity index is 1170. The van der Waals surface area contributed by atoms with Crippen LogP contribution in [0.1, 0.15) is 5.56 Å². The average Bonchev–Trinajstić information content (AvgIpc) is 3.22. The molecule has 1 amide bonds. The highest BCUT2D eigenvalue weighted by atomic mass is 32.2. The third kappa shape index (κ3) is 5.43. The van der Waals surface area contributed by atoms with Gasteiger partial charge in [-0.05, 0) is 48.9 Å². The van der Waals surface area contributed by atoms with Crippen LogP contribution in [0, 0.1) is 6.92 Å². The first-order valence-corrected chi connectivity index (χ1v) is 11.7. The number of hydrogen-bond acceptors (Lipinski definition) is 7. The van der Waals surface area contributed by atoms with E-state index >= 15 is 0 Å². The molecule has 0 aliphatic heterocycles. The third-order valence-electron chi connectivity index (χ3n) is 4.42. The Kier molecular flexibility index (Phi) is 6.98. The van der Waals surface area contributed by atoms with Gasteiger partial charge in [0.25, 0.3) is 0 Å². The molecule has 1 heterocycles. The summed E-state index contributed by atoms with van der Waals surface area (Å²) in [5.41, 5.74) is 2.05. The molecular weight excluding hydrogens is 438 g/mol. The summed E-state index contributed by atoms with van der Waals surface area (Å²) in [6.07, 6.45) is 0. The number of anilines is 1. The first-order valence-electron chi connectivity index (χ1n) is 9.23. The molecule has 0 aliphatic carbocycles. The van der Waals surface area contributed by atoms with Gasteiger partial charge in [-0.15, -0.1) is 5.10 Å². The van der Waals surface area contributed by atoms with E-state index < -0.39 is 10.0 Å². The van der Waals surface area contributed by atoms with E-state index in [0.29, 0.717) is 16.7 Å². The van der Waals surface area contributed by atoms with Crippen molar-refractivity contribution in [3.05, 3.63) is 48.0 Å². The molecule has 2 N–H and O–H groups in total. The Morgan fingerprint density at radius 1 is 1.19 bits per heavy atom. The van der Waals surface area contributed by atoms with Gasteiger partial charge in [-0.25, -0.2) is 17.7 Å². The molecule has 11 heteroatoms.